The Bertz CT molecular complexity index is 1980. The van der Waals surface area contributed by atoms with Crippen molar-refractivity contribution >= 4 is 28.6 Å². The van der Waals surface area contributed by atoms with Gasteiger partial charge >= 0.3 is 6.09 Å². The number of amides is 2. The van der Waals surface area contributed by atoms with E-state index >= 15 is 0 Å². The van der Waals surface area contributed by atoms with Gasteiger partial charge in [0.2, 0.25) is 5.56 Å². The minimum Gasteiger partial charge on any atom is -0.506 e. The van der Waals surface area contributed by atoms with Crippen LogP contribution in [-0.2, 0) is 11.3 Å². The Morgan fingerprint density at radius 2 is 1.76 bits per heavy atom. The number of carbonyl (C=O) groups excluding carboxylic acids is 2. The number of rotatable bonds is 12. The molecule has 0 unspecified atom stereocenters. The smallest absolute Gasteiger partial charge is 0.411 e. The number of aromatic nitrogens is 1. The first kappa shape index (κ1) is 34.4. The van der Waals surface area contributed by atoms with E-state index in [0.29, 0.717) is 48.3 Å². The van der Waals surface area contributed by atoms with Crippen molar-refractivity contribution in [3.63, 3.8) is 0 Å². The fourth-order valence-electron chi connectivity index (χ4n) is 6.16. The van der Waals surface area contributed by atoms with E-state index in [-0.39, 0.29) is 47.7 Å². The standard InChI is InChI=1S/C38H41N5O7/c1-42(21-22-43-19-17-26(18-20-43)50-38(48)40-31-10-6-5-9-28(31)25-7-3-2-4-8-25)37(47)34-15-11-27(49-34)23-39-24-33(45)29-12-14-32(44)36-30(29)13-16-35(46)41-36/h2-16,26,33,39,44-45H,17-24H2,1H3,(H,40,48)(H,41,46)/t33-/m0/s1. The molecule has 12 nitrogen and oxygen atoms in total. The molecule has 260 valence electrons. The van der Waals surface area contributed by atoms with Crippen LogP contribution in [0.25, 0.3) is 22.0 Å². The normalized spacial score (nSPS) is 14.4. The summed E-state index contributed by atoms with van der Waals surface area (Å²) in [5.74, 6) is 0.470. The first-order chi connectivity index (χ1) is 24.2. The highest BCUT2D eigenvalue weighted by atomic mass is 16.6. The molecule has 0 bridgehead atoms. The molecule has 5 aromatic rings. The average Bonchev–Trinajstić information content (AvgIpc) is 3.60. The number of likely N-dealkylation sites (tertiary alicyclic amines) is 1. The molecule has 12 heteroatoms. The zero-order valence-corrected chi connectivity index (χ0v) is 27.8. The Balaban J connectivity index is 0.911. The number of anilines is 1. The summed E-state index contributed by atoms with van der Waals surface area (Å²) in [4.78, 5) is 44.0. The van der Waals surface area contributed by atoms with Crippen LogP contribution in [0.4, 0.5) is 10.5 Å². The van der Waals surface area contributed by atoms with Crippen LogP contribution in [0.1, 0.15) is 40.8 Å². The maximum atomic E-state index is 13.1. The van der Waals surface area contributed by atoms with Crippen LogP contribution in [0.3, 0.4) is 0 Å². The highest BCUT2D eigenvalue weighted by Crippen LogP contribution is 2.29. The largest absolute Gasteiger partial charge is 0.506 e. The van der Waals surface area contributed by atoms with Crippen LogP contribution >= 0.6 is 0 Å². The number of phenols is 1. The number of carbonyl (C=O) groups is 2. The number of likely N-dealkylation sites (N-methyl/N-ethyl adjacent to an activating group) is 1. The molecule has 3 heterocycles. The minimum absolute atomic E-state index is 0.0720. The van der Waals surface area contributed by atoms with Gasteiger partial charge in [-0.3, -0.25) is 14.9 Å². The van der Waals surface area contributed by atoms with Gasteiger partial charge in [-0.2, -0.15) is 0 Å². The molecule has 6 rings (SSSR count). The van der Waals surface area contributed by atoms with Crippen molar-refractivity contribution in [2.75, 3.05) is 45.1 Å². The number of nitrogens with one attached hydrogen (secondary N) is 3. The lowest BCUT2D eigenvalue weighted by molar-refractivity contribution is 0.0534. The number of aliphatic hydroxyl groups is 1. The fourth-order valence-corrected chi connectivity index (χ4v) is 6.16. The second kappa shape index (κ2) is 15.9. The van der Waals surface area contributed by atoms with Gasteiger partial charge in [-0.25, -0.2) is 4.79 Å². The zero-order chi connectivity index (χ0) is 35.0. The molecule has 0 aliphatic carbocycles. The number of para-hydroxylation sites is 1. The number of furan rings is 1. The third-order valence-electron chi connectivity index (χ3n) is 8.93. The molecule has 0 radical (unpaired) electrons. The molecule has 50 heavy (non-hydrogen) atoms. The van der Waals surface area contributed by atoms with Gasteiger partial charge in [0.1, 0.15) is 17.6 Å². The highest BCUT2D eigenvalue weighted by molar-refractivity contribution is 5.92. The van der Waals surface area contributed by atoms with Gasteiger partial charge < -0.3 is 39.5 Å². The molecule has 3 aromatic carbocycles. The molecule has 1 aliphatic heterocycles. The molecule has 1 saturated heterocycles. The molecular weight excluding hydrogens is 638 g/mol. The Morgan fingerprint density at radius 3 is 2.56 bits per heavy atom. The number of benzene rings is 3. The Labute approximate surface area is 289 Å². The second-order valence-electron chi connectivity index (χ2n) is 12.4. The number of ether oxygens (including phenoxy) is 1. The molecule has 2 amide bonds. The summed E-state index contributed by atoms with van der Waals surface area (Å²) in [5, 5.41) is 27.5. The van der Waals surface area contributed by atoms with E-state index in [1.54, 1.807) is 36.2 Å². The van der Waals surface area contributed by atoms with Crippen LogP contribution in [0, 0.1) is 0 Å². The predicted molar refractivity (Wildman–Crippen MR) is 190 cm³/mol. The number of aromatic amines is 1. The number of H-pyrrole nitrogens is 1. The number of fused-ring (bicyclic) bond motifs is 1. The minimum atomic E-state index is -0.914. The summed E-state index contributed by atoms with van der Waals surface area (Å²) in [6, 6.07) is 26.9. The topological polar surface area (TPSA) is 160 Å². The lowest BCUT2D eigenvalue weighted by Gasteiger charge is -2.32. The molecular formula is C38H41N5O7. The first-order valence-corrected chi connectivity index (χ1v) is 16.7. The van der Waals surface area contributed by atoms with Gasteiger partial charge in [0.25, 0.3) is 5.91 Å². The third kappa shape index (κ3) is 8.40. The summed E-state index contributed by atoms with van der Waals surface area (Å²) in [6.45, 7) is 3.15. The number of aromatic hydroxyl groups is 1. The van der Waals surface area contributed by atoms with Gasteiger partial charge in [-0.05, 0) is 54.3 Å². The molecule has 1 atom stereocenters. The van der Waals surface area contributed by atoms with Crippen molar-refractivity contribution in [3.8, 4) is 16.9 Å². The van der Waals surface area contributed by atoms with E-state index in [9.17, 15) is 24.6 Å². The number of piperidine rings is 1. The second-order valence-corrected chi connectivity index (χ2v) is 12.4. The van der Waals surface area contributed by atoms with E-state index in [4.69, 9.17) is 9.15 Å². The Morgan fingerprint density at radius 1 is 1.00 bits per heavy atom. The molecule has 5 N–H and O–H groups in total. The van der Waals surface area contributed by atoms with Gasteiger partial charge in [0, 0.05) is 56.8 Å². The Kier molecular flexibility index (Phi) is 10.9. The SMILES string of the molecule is CN(CCN1CCC(OC(=O)Nc2ccccc2-c2ccccc2)CC1)C(=O)c1ccc(CNC[C@H](O)c2ccc(O)c3[nH]c(=O)ccc23)o1. The van der Waals surface area contributed by atoms with E-state index in [1.807, 2.05) is 54.6 Å². The molecule has 0 saturated carbocycles. The third-order valence-corrected chi connectivity index (χ3v) is 8.93. The molecule has 0 spiro atoms. The van der Waals surface area contributed by atoms with E-state index in [2.05, 4.69) is 20.5 Å². The average molecular weight is 680 g/mol. The van der Waals surface area contributed by atoms with Crippen molar-refractivity contribution in [3.05, 3.63) is 118 Å². The van der Waals surface area contributed by atoms with E-state index < -0.39 is 12.2 Å². The summed E-state index contributed by atoms with van der Waals surface area (Å²) >= 11 is 0. The predicted octanol–water partition coefficient (Wildman–Crippen LogP) is 5.10. The maximum Gasteiger partial charge on any atom is 0.411 e. The number of phenolic OH excluding ortho intramolecular Hbond substituents is 1. The van der Waals surface area contributed by atoms with E-state index in [0.717, 1.165) is 24.2 Å². The fraction of sp³-hybridized carbons (Fsp3) is 0.289. The monoisotopic (exact) mass is 679 g/mol. The van der Waals surface area contributed by atoms with Gasteiger partial charge in [-0.1, -0.05) is 54.6 Å². The van der Waals surface area contributed by atoms with Crippen LogP contribution in [-0.4, -0.2) is 82.9 Å². The summed E-state index contributed by atoms with van der Waals surface area (Å²) < 4.78 is 11.5. The summed E-state index contributed by atoms with van der Waals surface area (Å²) in [6.07, 6.45) is -0.154. The van der Waals surface area contributed by atoms with Gasteiger partial charge in [0.05, 0.1) is 23.9 Å². The van der Waals surface area contributed by atoms with Crippen LogP contribution in [0.15, 0.2) is 100 Å². The molecule has 2 aromatic heterocycles. The van der Waals surface area contributed by atoms with Gasteiger partial charge in [-0.15, -0.1) is 0 Å². The van der Waals surface area contributed by atoms with Crippen molar-refractivity contribution in [2.45, 2.75) is 31.6 Å². The van der Waals surface area contributed by atoms with Crippen LogP contribution in [0.5, 0.6) is 5.75 Å². The maximum absolute atomic E-state index is 13.1. The van der Waals surface area contributed by atoms with Crippen LogP contribution < -0.4 is 16.2 Å². The van der Waals surface area contributed by atoms with E-state index in [1.165, 1.54) is 12.1 Å². The lowest BCUT2D eigenvalue weighted by atomic mass is 10.0. The van der Waals surface area contributed by atoms with Gasteiger partial charge in [0.15, 0.2) is 5.76 Å². The Hall–Kier alpha value is -5.43. The summed E-state index contributed by atoms with van der Waals surface area (Å²) in [7, 11) is 1.74. The van der Waals surface area contributed by atoms with Crippen molar-refractivity contribution in [1.82, 2.24) is 20.1 Å². The van der Waals surface area contributed by atoms with Crippen molar-refractivity contribution in [1.29, 1.82) is 0 Å². The number of pyridine rings is 1. The molecule has 1 aliphatic rings. The number of nitrogens with zero attached hydrogens (tertiary/aromatic N) is 2. The molecule has 1 fully saturated rings. The number of aliphatic hydroxyl groups excluding tert-OH is 1. The number of hydrogen-bond donors (Lipinski definition) is 5. The highest BCUT2D eigenvalue weighted by Gasteiger charge is 2.24. The zero-order valence-electron chi connectivity index (χ0n) is 27.8. The van der Waals surface area contributed by atoms with Crippen LogP contribution in [0.2, 0.25) is 0 Å². The number of hydrogen-bond acceptors (Lipinski definition) is 9. The quantitative estimate of drug-likeness (QED) is 0.121. The lowest BCUT2D eigenvalue weighted by Crippen LogP contribution is -2.42. The van der Waals surface area contributed by atoms with Crippen molar-refractivity contribution in [2.24, 2.45) is 0 Å². The van der Waals surface area contributed by atoms with Crippen molar-refractivity contribution < 1.29 is 29.0 Å². The summed E-state index contributed by atoms with van der Waals surface area (Å²) in [5.41, 5.74) is 3.13. The first-order valence-electron chi connectivity index (χ1n) is 16.7.